The van der Waals surface area contributed by atoms with Gasteiger partial charge in [0.2, 0.25) is 0 Å². The van der Waals surface area contributed by atoms with Crippen LogP contribution in [0.4, 0.5) is 18.9 Å². The van der Waals surface area contributed by atoms with E-state index >= 15 is 0 Å². The zero-order valence-corrected chi connectivity index (χ0v) is 13.1. The molecule has 0 saturated carbocycles. The molecule has 128 valence electrons. The summed E-state index contributed by atoms with van der Waals surface area (Å²) >= 11 is 0. The number of aryl methyl sites for hydroxylation is 2. The minimum atomic E-state index is -4.75. The number of nitrogens with one attached hydrogen (secondary N) is 1. The molecular weight excluding hydrogens is 323 g/mol. The maximum atomic E-state index is 12.1. The summed E-state index contributed by atoms with van der Waals surface area (Å²) in [5.41, 5.74) is 2.35. The molecule has 2 aromatic rings. The van der Waals surface area contributed by atoms with E-state index in [1.165, 1.54) is 12.1 Å². The second kappa shape index (κ2) is 7.25. The molecule has 0 aromatic heterocycles. The normalized spacial score (nSPS) is 11.0. The van der Waals surface area contributed by atoms with Gasteiger partial charge in [-0.05, 0) is 49.7 Å². The smallest absolute Gasteiger partial charge is 0.483 e. The van der Waals surface area contributed by atoms with Gasteiger partial charge < -0.3 is 14.8 Å². The SMILES string of the molecule is Cc1ccc(OCC(=O)Nc2ccc(OC(F)(F)F)cc2)c(C)c1. The lowest BCUT2D eigenvalue weighted by atomic mass is 10.1. The van der Waals surface area contributed by atoms with Gasteiger partial charge in [0.1, 0.15) is 11.5 Å². The molecule has 0 spiro atoms. The van der Waals surface area contributed by atoms with Crippen molar-refractivity contribution in [2.24, 2.45) is 0 Å². The summed E-state index contributed by atoms with van der Waals surface area (Å²) in [6.45, 7) is 3.62. The molecule has 0 radical (unpaired) electrons. The summed E-state index contributed by atoms with van der Waals surface area (Å²) in [4.78, 5) is 11.8. The predicted octanol–water partition coefficient (Wildman–Crippen LogP) is 4.22. The summed E-state index contributed by atoms with van der Waals surface area (Å²) < 4.78 is 45.4. The molecule has 2 aromatic carbocycles. The zero-order valence-electron chi connectivity index (χ0n) is 13.1. The van der Waals surface area contributed by atoms with E-state index < -0.39 is 12.3 Å². The number of carbonyl (C=O) groups excluding carboxylic acids is 1. The Morgan fingerprint density at radius 3 is 2.33 bits per heavy atom. The summed E-state index contributed by atoms with van der Waals surface area (Å²) in [7, 11) is 0. The maximum absolute atomic E-state index is 12.1. The second-order valence-corrected chi connectivity index (χ2v) is 5.18. The van der Waals surface area contributed by atoms with Crippen LogP contribution in [0.15, 0.2) is 42.5 Å². The largest absolute Gasteiger partial charge is 0.573 e. The van der Waals surface area contributed by atoms with Crippen molar-refractivity contribution in [1.82, 2.24) is 0 Å². The molecule has 0 aliphatic rings. The number of halogens is 3. The van der Waals surface area contributed by atoms with Gasteiger partial charge in [0.25, 0.3) is 5.91 Å². The highest BCUT2D eigenvalue weighted by Gasteiger charge is 2.30. The Kier molecular flexibility index (Phi) is 5.33. The van der Waals surface area contributed by atoms with Gasteiger partial charge in [-0.25, -0.2) is 0 Å². The lowest BCUT2D eigenvalue weighted by Crippen LogP contribution is -2.20. The standard InChI is InChI=1S/C17H16F3NO3/c1-11-3-8-15(12(2)9-11)23-10-16(22)21-13-4-6-14(7-5-13)24-17(18,19)20/h3-9H,10H2,1-2H3,(H,21,22). The van der Waals surface area contributed by atoms with Crippen LogP contribution in [0.1, 0.15) is 11.1 Å². The molecule has 0 atom stereocenters. The van der Waals surface area contributed by atoms with Crippen LogP contribution in [0.25, 0.3) is 0 Å². The van der Waals surface area contributed by atoms with Crippen LogP contribution in [0.5, 0.6) is 11.5 Å². The number of carbonyl (C=O) groups is 1. The van der Waals surface area contributed by atoms with Crippen LogP contribution < -0.4 is 14.8 Å². The first-order valence-electron chi connectivity index (χ1n) is 7.09. The van der Waals surface area contributed by atoms with Crippen molar-refractivity contribution in [3.8, 4) is 11.5 Å². The summed E-state index contributed by atoms with van der Waals surface area (Å²) in [5, 5.41) is 2.53. The summed E-state index contributed by atoms with van der Waals surface area (Å²) in [6.07, 6.45) is -4.75. The van der Waals surface area contributed by atoms with Crippen LogP contribution in [0.3, 0.4) is 0 Å². The van der Waals surface area contributed by atoms with Crippen LogP contribution in [-0.4, -0.2) is 18.9 Å². The number of benzene rings is 2. The van der Waals surface area contributed by atoms with E-state index in [-0.39, 0.29) is 12.4 Å². The average molecular weight is 339 g/mol. The Labute approximate surface area is 137 Å². The van der Waals surface area contributed by atoms with Gasteiger partial charge in [-0.2, -0.15) is 0 Å². The Bertz CT molecular complexity index is 712. The van der Waals surface area contributed by atoms with E-state index in [1.807, 2.05) is 26.0 Å². The lowest BCUT2D eigenvalue weighted by Gasteiger charge is -2.11. The van der Waals surface area contributed by atoms with Crippen molar-refractivity contribution in [2.75, 3.05) is 11.9 Å². The molecule has 7 heteroatoms. The van der Waals surface area contributed by atoms with Crippen molar-refractivity contribution < 1.29 is 27.4 Å². The van der Waals surface area contributed by atoms with Gasteiger partial charge >= 0.3 is 6.36 Å². The van der Waals surface area contributed by atoms with E-state index in [1.54, 1.807) is 6.07 Å². The van der Waals surface area contributed by atoms with Crippen molar-refractivity contribution in [3.05, 3.63) is 53.6 Å². The number of alkyl halides is 3. The molecule has 4 nitrogen and oxygen atoms in total. The molecule has 1 amide bonds. The van der Waals surface area contributed by atoms with Gasteiger partial charge in [-0.15, -0.1) is 13.2 Å². The molecule has 0 fully saturated rings. The highest BCUT2D eigenvalue weighted by molar-refractivity contribution is 5.91. The van der Waals surface area contributed by atoms with E-state index in [4.69, 9.17) is 4.74 Å². The Morgan fingerprint density at radius 1 is 1.08 bits per heavy atom. The van der Waals surface area contributed by atoms with Gasteiger partial charge in [0, 0.05) is 5.69 Å². The molecule has 24 heavy (non-hydrogen) atoms. The molecular formula is C17H16F3NO3. The van der Waals surface area contributed by atoms with Crippen molar-refractivity contribution in [3.63, 3.8) is 0 Å². The molecule has 0 bridgehead atoms. The number of amides is 1. The third-order valence-corrected chi connectivity index (χ3v) is 3.06. The third kappa shape index (κ3) is 5.49. The summed E-state index contributed by atoms with van der Waals surface area (Å²) in [5.74, 6) is -0.170. The quantitative estimate of drug-likeness (QED) is 0.887. The first-order valence-corrected chi connectivity index (χ1v) is 7.09. The number of anilines is 1. The molecule has 0 saturated heterocycles. The van der Waals surface area contributed by atoms with Gasteiger partial charge in [0.15, 0.2) is 6.61 Å². The molecule has 2 rings (SSSR count). The minimum absolute atomic E-state index is 0.204. The zero-order chi connectivity index (χ0) is 17.7. The number of rotatable bonds is 5. The predicted molar refractivity (Wildman–Crippen MR) is 83.2 cm³/mol. The van der Waals surface area contributed by atoms with E-state index in [2.05, 4.69) is 10.1 Å². The van der Waals surface area contributed by atoms with Crippen molar-refractivity contribution in [1.29, 1.82) is 0 Å². The van der Waals surface area contributed by atoms with E-state index in [0.29, 0.717) is 11.4 Å². The third-order valence-electron chi connectivity index (χ3n) is 3.06. The van der Waals surface area contributed by atoms with E-state index in [9.17, 15) is 18.0 Å². The first-order chi connectivity index (χ1) is 11.2. The summed E-state index contributed by atoms with van der Waals surface area (Å²) in [6, 6.07) is 10.5. The first kappa shape index (κ1) is 17.7. The van der Waals surface area contributed by atoms with Gasteiger partial charge in [0.05, 0.1) is 0 Å². The van der Waals surface area contributed by atoms with Crippen LogP contribution in [0.2, 0.25) is 0 Å². The molecule has 0 aliphatic heterocycles. The number of hydrogen-bond donors (Lipinski definition) is 1. The van der Waals surface area contributed by atoms with Crippen LogP contribution in [0, 0.1) is 13.8 Å². The monoisotopic (exact) mass is 339 g/mol. The number of ether oxygens (including phenoxy) is 2. The topological polar surface area (TPSA) is 47.6 Å². The van der Waals surface area contributed by atoms with Crippen molar-refractivity contribution >= 4 is 11.6 Å². The fourth-order valence-electron chi connectivity index (χ4n) is 2.04. The van der Waals surface area contributed by atoms with Crippen LogP contribution in [-0.2, 0) is 4.79 Å². The molecule has 1 N–H and O–H groups in total. The fraction of sp³-hybridized carbons (Fsp3) is 0.235. The fourth-order valence-corrected chi connectivity index (χ4v) is 2.04. The van der Waals surface area contributed by atoms with E-state index in [0.717, 1.165) is 23.3 Å². The second-order valence-electron chi connectivity index (χ2n) is 5.18. The Hall–Kier alpha value is -2.70. The average Bonchev–Trinajstić information content (AvgIpc) is 2.47. The Morgan fingerprint density at radius 2 is 1.75 bits per heavy atom. The van der Waals surface area contributed by atoms with Crippen molar-refractivity contribution in [2.45, 2.75) is 20.2 Å². The minimum Gasteiger partial charge on any atom is -0.483 e. The van der Waals surface area contributed by atoms with Crippen LogP contribution >= 0.6 is 0 Å². The maximum Gasteiger partial charge on any atom is 0.573 e. The molecule has 0 aliphatic carbocycles. The molecule has 0 unspecified atom stereocenters. The Balaban J connectivity index is 1.88. The lowest BCUT2D eigenvalue weighted by molar-refractivity contribution is -0.274. The highest BCUT2D eigenvalue weighted by atomic mass is 19.4. The highest BCUT2D eigenvalue weighted by Crippen LogP contribution is 2.24. The van der Waals surface area contributed by atoms with Gasteiger partial charge in [-0.1, -0.05) is 17.7 Å². The molecule has 0 heterocycles. The van der Waals surface area contributed by atoms with Gasteiger partial charge in [-0.3, -0.25) is 4.79 Å². The number of hydrogen-bond acceptors (Lipinski definition) is 3.